The van der Waals surface area contributed by atoms with E-state index in [1.807, 2.05) is 19.1 Å². The molecule has 0 amide bonds. The Balaban J connectivity index is 2.09. The summed E-state index contributed by atoms with van der Waals surface area (Å²) in [7, 11) is -2.60. The number of hydrogen-bond donors (Lipinski definition) is 1. The molecule has 2 N–H and O–H groups in total. The molecule has 4 heteroatoms. The molecular weight excluding hydrogens is 438 g/mol. The van der Waals surface area contributed by atoms with Crippen LogP contribution >= 0.6 is 15.9 Å². The normalized spacial score (nSPS) is 14.4. The van der Waals surface area contributed by atoms with Crippen molar-refractivity contribution in [2.75, 3.05) is 6.61 Å². The van der Waals surface area contributed by atoms with Gasteiger partial charge in [-0.05, 0) is 40.0 Å². The van der Waals surface area contributed by atoms with Crippen LogP contribution in [0.5, 0.6) is 0 Å². The van der Waals surface area contributed by atoms with E-state index < -0.39 is 13.9 Å². The van der Waals surface area contributed by atoms with Gasteiger partial charge in [0.15, 0.2) is 0 Å². The molecule has 0 radical (unpaired) electrons. The number of rotatable bonds is 6. The molecule has 29 heavy (non-hydrogen) atoms. The summed E-state index contributed by atoms with van der Waals surface area (Å²) in [6.45, 7) is 9.34. The summed E-state index contributed by atoms with van der Waals surface area (Å²) in [5.41, 5.74) is 7.25. The monoisotopic (exact) mass is 467 g/mol. The Hall–Kier alpha value is -1.72. The fourth-order valence-electron chi connectivity index (χ4n) is 3.95. The van der Waals surface area contributed by atoms with Gasteiger partial charge in [-0.1, -0.05) is 109 Å². The van der Waals surface area contributed by atoms with E-state index in [4.69, 9.17) is 10.2 Å². The SMILES string of the molecule is CC(C)(C)[Si](OC[C@](C)(N)c1cccc(Br)c1)(c1ccccc1)c1ccccc1. The van der Waals surface area contributed by atoms with Crippen molar-refractivity contribution in [3.8, 4) is 0 Å². The molecule has 1 atom stereocenters. The summed E-state index contributed by atoms with van der Waals surface area (Å²) < 4.78 is 8.05. The molecule has 0 unspecified atom stereocenters. The highest BCUT2D eigenvalue weighted by Gasteiger charge is 2.50. The van der Waals surface area contributed by atoms with Crippen LogP contribution in [0.2, 0.25) is 5.04 Å². The Morgan fingerprint density at radius 1 is 0.793 bits per heavy atom. The van der Waals surface area contributed by atoms with Crippen molar-refractivity contribution in [1.82, 2.24) is 0 Å². The van der Waals surface area contributed by atoms with Crippen LogP contribution < -0.4 is 16.1 Å². The highest BCUT2D eigenvalue weighted by molar-refractivity contribution is 9.10. The third-order valence-corrected chi connectivity index (χ3v) is 11.0. The second-order valence-corrected chi connectivity index (χ2v) is 14.1. The van der Waals surface area contributed by atoms with Gasteiger partial charge in [0.1, 0.15) is 0 Å². The minimum Gasteiger partial charge on any atom is -0.405 e. The van der Waals surface area contributed by atoms with E-state index in [0.717, 1.165) is 10.0 Å². The van der Waals surface area contributed by atoms with Gasteiger partial charge in [0, 0.05) is 4.47 Å². The van der Waals surface area contributed by atoms with Gasteiger partial charge in [0.05, 0.1) is 12.1 Å². The predicted molar refractivity (Wildman–Crippen MR) is 129 cm³/mol. The van der Waals surface area contributed by atoms with Gasteiger partial charge >= 0.3 is 0 Å². The molecule has 0 heterocycles. The van der Waals surface area contributed by atoms with Gasteiger partial charge in [-0.3, -0.25) is 0 Å². The average Bonchev–Trinajstić information content (AvgIpc) is 2.69. The first kappa shape index (κ1) is 22.0. The maximum absolute atomic E-state index is 7.02. The standard InChI is InChI=1S/C25H30BrNOSi/c1-24(2,3)29(22-14-7-5-8-15-22,23-16-9-6-10-17-23)28-19-25(4,27)20-12-11-13-21(26)18-20/h5-18H,19,27H2,1-4H3/t25-/m0/s1. The summed E-state index contributed by atoms with van der Waals surface area (Å²) in [6.07, 6.45) is 0. The molecule has 0 aliphatic heterocycles. The minimum absolute atomic E-state index is 0.0664. The zero-order valence-electron chi connectivity index (χ0n) is 17.7. The summed E-state index contributed by atoms with van der Waals surface area (Å²) in [5, 5.41) is 2.47. The lowest BCUT2D eigenvalue weighted by Gasteiger charge is -2.44. The molecule has 0 saturated heterocycles. The van der Waals surface area contributed by atoms with E-state index in [2.05, 4.69) is 109 Å². The fourth-order valence-corrected chi connectivity index (χ4v) is 9.02. The molecule has 3 aromatic carbocycles. The van der Waals surface area contributed by atoms with Crippen molar-refractivity contribution >= 4 is 34.6 Å². The molecule has 0 bridgehead atoms. The van der Waals surface area contributed by atoms with E-state index in [1.165, 1.54) is 10.4 Å². The second kappa shape index (κ2) is 8.56. The zero-order chi connectivity index (χ0) is 21.1. The van der Waals surface area contributed by atoms with Crippen molar-refractivity contribution in [3.05, 3.63) is 95.0 Å². The van der Waals surface area contributed by atoms with Crippen molar-refractivity contribution in [1.29, 1.82) is 0 Å². The molecule has 2 nitrogen and oxygen atoms in total. The molecule has 3 aromatic rings. The lowest BCUT2D eigenvalue weighted by Crippen LogP contribution is -2.67. The Morgan fingerprint density at radius 3 is 1.76 bits per heavy atom. The van der Waals surface area contributed by atoms with E-state index in [1.54, 1.807) is 0 Å². The molecule has 3 rings (SSSR count). The molecule has 0 fully saturated rings. The third kappa shape index (κ3) is 4.56. The Kier molecular flexibility index (Phi) is 6.49. The van der Waals surface area contributed by atoms with Gasteiger partial charge in [-0.15, -0.1) is 0 Å². The lowest BCUT2D eigenvalue weighted by atomic mass is 9.94. The third-order valence-electron chi connectivity index (χ3n) is 5.49. The largest absolute Gasteiger partial charge is 0.405 e. The van der Waals surface area contributed by atoms with E-state index in [9.17, 15) is 0 Å². The fraction of sp³-hybridized carbons (Fsp3) is 0.280. The van der Waals surface area contributed by atoms with Crippen molar-refractivity contribution in [2.45, 2.75) is 38.3 Å². The molecule has 152 valence electrons. The van der Waals surface area contributed by atoms with Gasteiger partial charge in [-0.2, -0.15) is 0 Å². The number of nitrogens with two attached hydrogens (primary N) is 1. The van der Waals surface area contributed by atoms with Crippen LogP contribution in [0.25, 0.3) is 0 Å². The maximum Gasteiger partial charge on any atom is 0.261 e. The topological polar surface area (TPSA) is 35.2 Å². The van der Waals surface area contributed by atoms with Gasteiger partial charge < -0.3 is 10.2 Å². The van der Waals surface area contributed by atoms with E-state index >= 15 is 0 Å². The number of benzene rings is 3. The Bertz CT molecular complexity index is 896. The molecule has 0 aromatic heterocycles. The second-order valence-electron chi connectivity index (χ2n) is 8.88. The molecule has 0 aliphatic rings. The zero-order valence-corrected chi connectivity index (χ0v) is 20.2. The van der Waals surface area contributed by atoms with Crippen LogP contribution in [0.3, 0.4) is 0 Å². The lowest BCUT2D eigenvalue weighted by molar-refractivity contribution is 0.219. The minimum atomic E-state index is -2.60. The quantitative estimate of drug-likeness (QED) is 0.505. The van der Waals surface area contributed by atoms with Crippen LogP contribution in [0, 0.1) is 0 Å². The first-order valence-electron chi connectivity index (χ1n) is 9.97. The number of hydrogen-bond acceptors (Lipinski definition) is 2. The first-order valence-corrected chi connectivity index (χ1v) is 12.7. The summed E-state index contributed by atoms with van der Waals surface area (Å²) in [4.78, 5) is 0. The van der Waals surface area contributed by atoms with Crippen LogP contribution in [0.15, 0.2) is 89.4 Å². The van der Waals surface area contributed by atoms with Crippen LogP contribution in [-0.2, 0) is 9.96 Å². The molecule has 0 aliphatic carbocycles. The summed E-state index contributed by atoms with van der Waals surface area (Å²) >= 11 is 3.56. The van der Waals surface area contributed by atoms with E-state index in [-0.39, 0.29) is 5.04 Å². The predicted octanol–water partition coefficient (Wildman–Crippen LogP) is 5.20. The average molecular weight is 469 g/mol. The van der Waals surface area contributed by atoms with Gasteiger partial charge in [0.2, 0.25) is 0 Å². The molecule has 0 spiro atoms. The van der Waals surface area contributed by atoms with Crippen LogP contribution in [0.1, 0.15) is 33.3 Å². The Labute approximate surface area is 184 Å². The highest BCUT2D eigenvalue weighted by atomic mass is 79.9. The van der Waals surface area contributed by atoms with Crippen molar-refractivity contribution in [3.63, 3.8) is 0 Å². The van der Waals surface area contributed by atoms with Gasteiger partial charge in [-0.25, -0.2) is 0 Å². The van der Waals surface area contributed by atoms with Gasteiger partial charge in [0.25, 0.3) is 8.32 Å². The summed E-state index contributed by atoms with van der Waals surface area (Å²) in [6, 6.07) is 29.5. The maximum atomic E-state index is 7.02. The smallest absolute Gasteiger partial charge is 0.261 e. The van der Waals surface area contributed by atoms with Crippen LogP contribution in [-0.4, -0.2) is 14.9 Å². The molecular formula is C25H30BrNOSi. The highest BCUT2D eigenvalue weighted by Crippen LogP contribution is 2.37. The van der Waals surface area contributed by atoms with Crippen LogP contribution in [0.4, 0.5) is 0 Å². The van der Waals surface area contributed by atoms with Crippen molar-refractivity contribution in [2.24, 2.45) is 5.73 Å². The molecule has 0 saturated carbocycles. The van der Waals surface area contributed by atoms with Crippen molar-refractivity contribution < 1.29 is 4.43 Å². The summed E-state index contributed by atoms with van der Waals surface area (Å²) in [5.74, 6) is 0. The Morgan fingerprint density at radius 2 is 1.31 bits per heavy atom. The number of halogens is 1. The first-order chi connectivity index (χ1) is 13.7. The van der Waals surface area contributed by atoms with E-state index in [0.29, 0.717) is 6.61 Å².